The number of para-hydroxylation sites is 1. The second kappa shape index (κ2) is 6.31. The summed E-state index contributed by atoms with van der Waals surface area (Å²) >= 11 is 0. The number of nitrogens with one attached hydrogen (secondary N) is 1. The van der Waals surface area contributed by atoms with Gasteiger partial charge in [-0.15, -0.1) is 0 Å². The van der Waals surface area contributed by atoms with Crippen LogP contribution in [-0.4, -0.2) is 33.3 Å². The van der Waals surface area contributed by atoms with E-state index in [1.165, 1.54) is 14.2 Å². The summed E-state index contributed by atoms with van der Waals surface area (Å²) in [6.45, 7) is 0.293. The van der Waals surface area contributed by atoms with Gasteiger partial charge in [-0.1, -0.05) is 12.1 Å². The molecule has 2 aromatic rings. The molecule has 1 aromatic heterocycles. The summed E-state index contributed by atoms with van der Waals surface area (Å²) < 4.78 is 15.2. The largest absolute Gasteiger partial charge is 0.422 e. The summed E-state index contributed by atoms with van der Waals surface area (Å²) in [5, 5.41) is 3.66. The Morgan fingerprint density at radius 1 is 1.30 bits per heavy atom. The van der Waals surface area contributed by atoms with Crippen LogP contribution in [0, 0.1) is 0 Å². The molecule has 0 aliphatic heterocycles. The SMILES string of the molecule is COC(CNc1c(C=O)c(=O)oc2ccccc12)OC. The highest BCUT2D eigenvalue weighted by Gasteiger charge is 2.15. The molecule has 20 heavy (non-hydrogen) atoms. The lowest BCUT2D eigenvalue weighted by molar-refractivity contribution is -0.0914. The highest BCUT2D eigenvalue weighted by Crippen LogP contribution is 2.24. The first-order chi connectivity index (χ1) is 9.71. The van der Waals surface area contributed by atoms with Gasteiger partial charge in [0, 0.05) is 19.6 Å². The molecule has 6 heteroatoms. The lowest BCUT2D eigenvalue weighted by atomic mass is 10.1. The van der Waals surface area contributed by atoms with Crippen molar-refractivity contribution >= 4 is 22.9 Å². The third-order valence-electron chi connectivity index (χ3n) is 2.94. The summed E-state index contributed by atoms with van der Waals surface area (Å²) in [5.41, 5.74) is 0.116. The average Bonchev–Trinajstić information content (AvgIpc) is 2.47. The van der Waals surface area contributed by atoms with Crippen LogP contribution in [0.15, 0.2) is 33.5 Å². The van der Waals surface area contributed by atoms with Gasteiger partial charge in [0.1, 0.15) is 11.1 Å². The van der Waals surface area contributed by atoms with Crippen molar-refractivity contribution in [2.75, 3.05) is 26.1 Å². The molecule has 0 amide bonds. The molecule has 106 valence electrons. The molecule has 6 nitrogen and oxygen atoms in total. The van der Waals surface area contributed by atoms with E-state index in [1.54, 1.807) is 24.3 Å². The van der Waals surface area contributed by atoms with Crippen molar-refractivity contribution in [3.05, 3.63) is 40.2 Å². The standard InChI is InChI=1S/C14H15NO5/c1-18-12(19-2)7-15-13-9-5-3-4-6-11(9)20-14(17)10(13)8-16/h3-6,8,12,15H,7H2,1-2H3. The fourth-order valence-corrected chi connectivity index (χ4v) is 1.91. The molecule has 0 saturated carbocycles. The highest BCUT2D eigenvalue weighted by molar-refractivity contribution is 5.98. The van der Waals surface area contributed by atoms with Gasteiger partial charge in [-0.25, -0.2) is 4.79 Å². The number of ether oxygens (including phenoxy) is 2. The van der Waals surface area contributed by atoms with Crippen molar-refractivity contribution in [3.63, 3.8) is 0 Å². The van der Waals surface area contributed by atoms with Gasteiger partial charge in [-0.3, -0.25) is 4.79 Å². The van der Waals surface area contributed by atoms with Gasteiger partial charge in [0.25, 0.3) is 0 Å². The third-order valence-corrected chi connectivity index (χ3v) is 2.94. The van der Waals surface area contributed by atoms with Gasteiger partial charge in [0.2, 0.25) is 0 Å². The maximum Gasteiger partial charge on any atom is 0.349 e. The van der Waals surface area contributed by atoms with Gasteiger partial charge in [-0.2, -0.15) is 0 Å². The minimum atomic E-state index is -0.674. The summed E-state index contributed by atoms with van der Waals surface area (Å²) in [7, 11) is 3.02. The lowest BCUT2D eigenvalue weighted by Gasteiger charge is -2.16. The number of aldehydes is 1. The van der Waals surface area contributed by atoms with Crippen molar-refractivity contribution in [3.8, 4) is 0 Å². The molecule has 0 radical (unpaired) electrons. The number of hydrogen-bond acceptors (Lipinski definition) is 6. The van der Waals surface area contributed by atoms with Crippen LogP contribution < -0.4 is 10.9 Å². The van der Waals surface area contributed by atoms with E-state index in [4.69, 9.17) is 13.9 Å². The number of fused-ring (bicyclic) bond motifs is 1. The van der Waals surface area contributed by atoms with Gasteiger partial charge < -0.3 is 19.2 Å². The van der Waals surface area contributed by atoms with E-state index >= 15 is 0 Å². The van der Waals surface area contributed by atoms with E-state index < -0.39 is 11.9 Å². The normalized spacial score (nSPS) is 10.9. The summed E-state index contributed by atoms with van der Waals surface area (Å²) in [6, 6.07) is 6.98. The van der Waals surface area contributed by atoms with Crippen molar-refractivity contribution in [1.29, 1.82) is 0 Å². The monoisotopic (exact) mass is 277 g/mol. The number of rotatable bonds is 6. The molecule has 0 unspecified atom stereocenters. The van der Waals surface area contributed by atoms with Crippen molar-refractivity contribution in [2.45, 2.75) is 6.29 Å². The predicted molar refractivity (Wildman–Crippen MR) is 74.2 cm³/mol. The fourth-order valence-electron chi connectivity index (χ4n) is 1.91. The van der Waals surface area contributed by atoms with Crippen LogP contribution in [0.2, 0.25) is 0 Å². The lowest BCUT2D eigenvalue weighted by Crippen LogP contribution is -2.25. The summed E-state index contributed by atoms with van der Waals surface area (Å²) in [5.74, 6) is 0. The molecule has 0 fully saturated rings. The first-order valence-electron chi connectivity index (χ1n) is 6.01. The molecule has 2 rings (SSSR count). The minimum absolute atomic E-state index is 0.0466. The molecule has 0 spiro atoms. The Hall–Kier alpha value is -2.18. The van der Waals surface area contributed by atoms with E-state index in [0.29, 0.717) is 29.5 Å². The van der Waals surface area contributed by atoms with E-state index in [9.17, 15) is 9.59 Å². The van der Waals surface area contributed by atoms with Crippen LogP contribution in [0.5, 0.6) is 0 Å². The molecule has 1 heterocycles. The van der Waals surface area contributed by atoms with Crippen molar-refractivity contribution in [1.82, 2.24) is 0 Å². The van der Waals surface area contributed by atoms with E-state index in [-0.39, 0.29) is 5.56 Å². The second-order valence-electron chi connectivity index (χ2n) is 4.07. The Bertz CT molecular complexity index is 660. The second-order valence-corrected chi connectivity index (χ2v) is 4.07. The number of hydrogen-bond donors (Lipinski definition) is 1. The maximum atomic E-state index is 11.8. The van der Waals surface area contributed by atoms with Crippen LogP contribution in [-0.2, 0) is 9.47 Å². The van der Waals surface area contributed by atoms with Crippen LogP contribution in [0.4, 0.5) is 5.69 Å². The summed E-state index contributed by atoms with van der Waals surface area (Å²) in [6.07, 6.45) is -0.00427. The zero-order valence-electron chi connectivity index (χ0n) is 11.2. The molecule has 0 bridgehead atoms. The summed E-state index contributed by atoms with van der Waals surface area (Å²) in [4.78, 5) is 22.9. The van der Waals surface area contributed by atoms with E-state index in [0.717, 1.165) is 0 Å². The Labute approximate surface area is 115 Å². The topological polar surface area (TPSA) is 77.8 Å². The molecule has 0 aliphatic carbocycles. The number of carbonyl (C=O) groups excluding carboxylic acids is 1. The number of methoxy groups -OCH3 is 2. The van der Waals surface area contributed by atoms with Gasteiger partial charge in [0.15, 0.2) is 12.6 Å². The molecule has 0 atom stereocenters. The predicted octanol–water partition coefficient (Wildman–Crippen LogP) is 1.64. The van der Waals surface area contributed by atoms with Crippen LogP contribution >= 0.6 is 0 Å². The molecule has 0 aliphatic rings. The fraction of sp³-hybridized carbons (Fsp3) is 0.286. The van der Waals surface area contributed by atoms with Crippen LogP contribution in [0.3, 0.4) is 0 Å². The van der Waals surface area contributed by atoms with Gasteiger partial charge in [0.05, 0.1) is 12.2 Å². The number of anilines is 1. The van der Waals surface area contributed by atoms with Crippen LogP contribution in [0.1, 0.15) is 10.4 Å². The zero-order chi connectivity index (χ0) is 14.5. The van der Waals surface area contributed by atoms with Crippen molar-refractivity contribution < 1.29 is 18.7 Å². The zero-order valence-corrected chi connectivity index (χ0v) is 11.2. The first-order valence-corrected chi connectivity index (χ1v) is 6.01. The number of carbonyl (C=O) groups is 1. The van der Waals surface area contributed by atoms with Crippen molar-refractivity contribution in [2.24, 2.45) is 0 Å². The highest BCUT2D eigenvalue weighted by atomic mass is 16.7. The molecule has 1 aromatic carbocycles. The quantitative estimate of drug-likeness (QED) is 0.491. The molecular weight excluding hydrogens is 262 g/mol. The van der Waals surface area contributed by atoms with E-state index in [2.05, 4.69) is 5.32 Å². The van der Waals surface area contributed by atoms with Crippen LogP contribution in [0.25, 0.3) is 11.0 Å². The third kappa shape index (κ3) is 2.71. The van der Waals surface area contributed by atoms with Gasteiger partial charge in [-0.05, 0) is 12.1 Å². The minimum Gasteiger partial charge on any atom is -0.422 e. The molecule has 1 N–H and O–H groups in total. The smallest absolute Gasteiger partial charge is 0.349 e. The Kier molecular flexibility index (Phi) is 4.49. The first kappa shape index (κ1) is 14.2. The maximum absolute atomic E-state index is 11.8. The Balaban J connectivity index is 2.48. The van der Waals surface area contributed by atoms with Gasteiger partial charge >= 0.3 is 5.63 Å². The van der Waals surface area contributed by atoms with E-state index in [1.807, 2.05) is 0 Å². The molecular formula is C14H15NO5. The Morgan fingerprint density at radius 3 is 2.65 bits per heavy atom. The number of benzene rings is 1. The average molecular weight is 277 g/mol. The molecule has 0 saturated heterocycles. The Morgan fingerprint density at radius 2 is 2.00 bits per heavy atom.